The van der Waals surface area contributed by atoms with Crippen molar-refractivity contribution in [3.63, 3.8) is 0 Å². The summed E-state index contributed by atoms with van der Waals surface area (Å²) in [6, 6.07) is 1.80. The Morgan fingerprint density at radius 2 is 2.27 bits per heavy atom. The lowest BCUT2D eigenvalue weighted by Gasteiger charge is -2.07. The third-order valence-corrected chi connectivity index (χ3v) is 1.77. The van der Waals surface area contributed by atoms with Gasteiger partial charge in [-0.25, -0.2) is 4.98 Å². The third-order valence-electron chi connectivity index (χ3n) is 1.77. The summed E-state index contributed by atoms with van der Waals surface area (Å²) < 4.78 is 5.38. The van der Waals surface area contributed by atoms with E-state index in [4.69, 9.17) is 4.74 Å². The van der Waals surface area contributed by atoms with Crippen molar-refractivity contribution in [2.75, 3.05) is 18.5 Å². The monoisotopic (exact) mass is 207 g/mol. The minimum Gasteiger partial charge on any atom is -0.473 e. The van der Waals surface area contributed by atoms with Crippen LogP contribution in [0.3, 0.4) is 0 Å². The Bertz CT molecular complexity index is 326. The minimum absolute atomic E-state index is 0.464. The van der Waals surface area contributed by atoms with Crippen molar-refractivity contribution in [3.05, 3.63) is 24.5 Å². The maximum absolute atomic E-state index is 5.38. The molecular formula is C11H17N3O. The first kappa shape index (κ1) is 11.5. The fourth-order valence-electron chi connectivity index (χ4n) is 1.12. The molecule has 0 amide bonds. The van der Waals surface area contributed by atoms with E-state index >= 15 is 0 Å². The minimum atomic E-state index is 0.464. The van der Waals surface area contributed by atoms with Crippen LogP contribution in [-0.4, -0.2) is 23.1 Å². The van der Waals surface area contributed by atoms with Gasteiger partial charge in [0.2, 0.25) is 5.88 Å². The number of rotatable bonds is 6. The Kier molecular flexibility index (Phi) is 4.60. The van der Waals surface area contributed by atoms with E-state index < -0.39 is 0 Å². The fourth-order valence-corrected chi connectivity index (χ4v) is 1.12. The Balaban J connectivity index is 2.84. The fraction of sp³-hybridized carbons (Fsp3) is 0.455. The first-order valence-electron chi connectivity index (χ1n) is 5.15. The average molecular weight is 207 g/mol. The Labute approximate surface area is 90.4 Å². The average Bonchev–Trinajstić information content (AvgIpc) is 2.26. The molecule has 0 bridgehead atoms. The summed E-state index contributed by atoms with van der Waals surface area (Å²) in [5.74, 6) is 2.19. The molecule has 0 aromatic carbocycles. The predicted molar refractivity (Wildman–Crippen MR) is 61.3 cm³/mol. The van der Waals surface area contributed by atoms with E-state index in [1.54, 1.807) is 12.1 Å². The van der Waals surface area contributed by atoms with Crippen LogP contribution in [-0.2, 0) is 6.42 Å². The van der Waals surface area contributed by atoms with Crippen LogP contribution >= 0.6 is 0 Å². The van der Waals surface area contributed by atoms with Gasteiger partial charge in [0.1, 0.15) is 18.2 Å². The van der Waals surface area contributed by atoms with Gasteiger partial charge in [0.25, 0.3) is 0 Å². The Morgan fingerprint density at radius 3 is 2.87 bits per heavy atom. The molecule has 0 unspecified atom stereocenters. The van der Waals surface area contributed by atoms with Gasteiger partial charge in [-0.2, -0.15) is 4.98 Å². The number of aryl methyl sites for hydroxylation is 1. The first-order chi connectivity index (χ1) is 7.30. The predicted octanol–water partition coefficient (Wildman–Crippen LogP) is 2.04. The van der Waals surface area contributed by atoms with Gasteiger partial charge in [-0.3, -0.25) is 0 Å². The van der Waals surface area contributed by atoms with Crippen molar-refractivity contribution in [3.8, 4) is 5.88 Å². The summed E-state index contributed by atoms with van der Waals surface area (Å²) in [5.41, 5.74) is 0. The standard InChI is InChI=1S/C11H17N3O/c1-4-7-15-11-8-10(12-6-3)13-9(5-2)14-11/h4,8H,1,5-7H2,2-3H3,(H,12,13,14). The summed E-state index contributed by atoms with van der Waals surface area (Å²) in [7, 11) is 0. The zero-order valence-electron chi connectivity index (χ0n) is 9.29. The topological polar surface area (TPSA) is 47.0 Å². The van der Waals surface area contributed by atoms with Gasteiger partial charge in [-0.1, -0.05) is 19.6 Å². The number of hydrogen-bond acceptors (Lipinski definition) is 4. The highest BCUT2D eigenvalue weighted by atomic mass is 16.5. The molecule has 15 heavy (non-hydrogen) atoms. The van der Waals surface area contributed by atoms with Crippen LogP contribution in [0, 0.1) is 0 Å². The molecule has 82 valence electrons. The second-order valence-corrected chi connectivity index (χ2v) is 2.99. The molecule has 4 heteroatoms. The number of anilines is 1. The lowest BCUT2D eigenvalue weighted by molar-refractivity contribution is 0.347. The van der Waals surface area contributed by atoms with Gasteiger partial charge < -0.3 is 10.1 Å². The van der Waals surface area contributed by atoms with E-state index in [-0.39, 0.29) is 0 Å². The molecule has 0 radical (unpaired) electrons. The lowest BCUT2D eigenvalue weighted by atomic mass is 10.4. The van der Waals surface area contributed by atoms with Crippen LogP contribution in [0.2, 0.25) is 0 Å². The molecule has 0 saturated heterocycles. The van der Waals surface area contributed by atoms with Crippen molar-refractivity contribution in [1.29, 1.82) is 0 Å². The van der Waals surface area contributed by atoms with Gasteiger partial charge in [-0.15, -0.1) is 0 Å². The molecule has 1 rings (SSSR count). The van der Waals surface area contributed by atoms with Crippen molar-refractivity contribution < 1.29 is 4.74 Å². The van der Waals surface area contributed by atoms with Crippen LogP contribution < -0.4 is 10.1 Å². The number of aromatic nitrogens is 2. The molecule has 1 N–H and O–H groups in total. The molecule has 0 atom stereocenters. The second-order valence-electron chi connectivity index (χ2n) is 2.99. The van der Waals surface area contributed by atoms with E-state index in [1.165, 1.54) is 0 Å². The zero-order valence-corrected chi connectivity index (χ0v) is 9.29. The molecule has 0 aliphatic carbocycles. The quantitative estimate of drug-likeness (QED) is 0.725. The summed E-state index contributed by atoms with van der Waals surface area (Å²) in [5, 5.41) is 3.14. The Hall–Kier alpha value is -1.58. The molecule has 0 spiro atoms. The number of nitrogens with zero attached hydrogens (tertiary/aromatic N) is 2. The number of ether oxygens (including phenoxy) is 1. The van der Waals surface area contributed by atoms with Crippen LogP contribution in [0.1, 0.15) is 19.7 Å². The molecule has 1 aromatic heterocycles. The smallest absolute Gasteiger partial charge is 0.219 e. The maximum Gasteiger partial charge on any atom is 0.219 e. The molecule has 1 heterocycles. The molecular weight excluding hydrogens is 190 g/mol. The zero-order chi connectivity index (χ0) is 11.1. The highest BCUT2D eigenvalue weighted by molar-refractivity contribution is 5.38. The highest BCUT2D eigenvalue weighted by Crippen LogP contribution is 2.13. The Morgan fingerprint density at radius 1 is 1.47 bits per heavy atom. The van der Waals surface area contributed by atoms with E-state index in [1.807, 2.05) is 13.8 Å². The summed E-state index contributed by atoms with van der Waals surface area (Å²) in [4.78, 5) is 8.57. The van der Waals surface area contributed by atoms with Gasteiger partial charge in [0.05, 0.1) is 0 Å². The van der Waals surface area contributed by atoms with Crippen LogP contribution in [0.5, 0.6) is 5.88 Å². The third kappa shape index (κ3) is 3.58. The van der Waals surface area contributed by atoms with Crippen molar-refractivity contribution in [2.24, 2.45) is 0 Å². The maximum atomic E-state index is 5.38. The summed E-state index contributed by atoms with van der Waals surface area (Å²) >= 11 is 0. The summed E-state index contributed by atoms with van der Waals surface area (Å²) in [6.07, 6.45) is 2.49. The molecule has 0 saturated carbocycles. The van der Waals surface area contributed by atoms with Crippen molar-refractivity contribution >= 4 is 5.82 Å². The van der Waals surface area contributed by atoms with Gasteiger partial charge >= 0.3 is 0 Å². The van der Waals surface area contributed by atoms with Crippen LogP contribution in [0.15, 0.2) is 18.7 Å². The number of nitrogens with one attached hydrogen (secondary N) is 1. The van der Waals surface area contributed by atoms with E-state index in [0.29, 0.717) is 12.5 Å². The lowest BCUT2D eigenvalue weighted by Crippen LogP contribution is -2.05. The van der Waals surface area contributed by atoms with Gasteiger partial charge in [0.15, 0.2) is 0 Å². The molecule has 0 aliphatic heterocycles. The normalized spacial score (nSPS) is 9.73. The SMILES string of the molecule is C=CCOc1cc(NCC)nc(CC)n1. The van der Waals surface area contributed by atoms with Gasteiger partial charge in [0, 0.05) is 19.0 Å². The first-order valence-corrected chi connectivity index (χ1v) is 5.15. The van der Waals surface area contributed by atoms with Crippen molar-refractivity contribution in [1.82, 2.24) is 9.97 Å². The van der Waals surface area contributed by atoms with Gasteiger partial charge in [-0.05, 0) is 6.92 Å². The van der Waals surface area contributed by atoms with Crippen LogP contribution in [0.25, 0.3) is 0 Å². The molecule has 0 aliphatic rings. The van der Waals surface area contributed by atoms with E-state index in [2.05, 4.69) is 21.9 Å². The highest BCUT2D eigenvalue weighted by Gasteiger charge is 2.02. The van der Waals surface area contributed by atoms with Crippen LogP contribution in [0.4, 0.5) is 5.82 Å². The summed E-state index contributed by atoms with van der Waals surface area (Å²) in [6.45, 7) is 8.93. The van der Waals surface area contributed by atoms with E-state index in [0.717, 1.165) is 24.6 Å². The van der Waals surface area contributed by atoms with Crippen molar-refractivity contribution in [2.45, 2.75) is 20.3 Å². The molecule has 0 fully saturated rings. The van der Waals surface area contributed by atoms with E-state index in [9.17, 15) is 0 Å². The number of hydrogen-bond donors (Lipinski definition) is 1. The largest absolute Gasteiger partial charge is 0.473 e. The molecule has 1 aromatic rings. The second kappa shape index (κ2) is 6.01. The molecule has 4 nitrogen and oxygen atoms in total.